The molecule has 0 aliphatic rings. The molecule has 6 nitrogen and oxygen atoms in total. The van der Waals surface area contributed by atoms with E-state index in [1.165, 1.54) is 0 Å². The van der Waals surface area contributed by atoms with Gasteiger partial charge in [-0.15, -0.1) is 0 Å². The van der Waals surface area contributed by atoms with Gasteiger partial charge in [0.2, 0.25) is 5.88 Å². The summed E-state index contributed by atoms with van der Waals surface area (Å²) in [6.07, 6.45) is 3.39. The maximum Gasteiger partial charge on any atom is 0.222 e. The Labute approximate surface area is 137 Å². The molecular formula is C17H26N4O2. The first-order chi connectivity index (χ1) is 10.8. The van der Waals surface area contributed by atoms with Gasteiger partial charge in [-0.05, 0) is 39.4 Å². The Morgan fingerprint density at radius 3 is 2.70 bits per heavy atom. The second-order valence-corrected chi connectivity index (χ2v) is 6.40. The van der Waals surface area contributed by atoms with E-state index in [0.29, 0.717) is 24.7 Å². The van der Waals surface area contributed by atoms with Crippen LogP contribution in [-0.2, 0) is 13.6 Å². The molecule has 2 aromatic heterocycles. The first-order valence-electron chi connectivity index (χ1n) is 7.85. The second kappa shape index (κ2) is 7.10. The Kier molecular flexibility index (Phi) is 5.38. The van der Waals surface area contributed by atoms with Crippen LogP contribution in [0.1, 0.15) is 32.0 Å². The van der Waals surface area contributed by atoms with E-state index in [2.05, 4.69) is 21.9 Å². The van der Waals surface area contributed by atoms with Gasteiger partial charge in [0.1, 0.15) is 5.75 Å². The van der Waals surface area contributed by atoms with Crippen LogP contribution in [0, 0.1) is 6.92 Å². The first kappa shape index (κ1) is 17.4. The van der Waals surface area contributed by atoms with Gasteiger partial charge in [0, 0.05) is 26.3 Å². The van der Waals surface area contributed by atoms with E-state index < -0.39 is 5.60 Å². The van der Waals surface area contributed by atoms with Crippen LogP contribution < -0.4 is 4.74 Å². The highest BCUT2D eigenvalue weighted by atomic mass is 16.5. The molecule has 0 saturated heterocycles. The summed E-state index contributed by atoms with van der Waals surface area (Å²) >= 11 is 0. The lowest BCUT2D eigenvalue weighted by Crippen LogP contribution is -2.38. The summed E-state index contributed by atoms with van der Waals surface area (Å²) in [6.45, 7) is 9.80. The van der Waals surface area contributed by atoms with E-state index in [1.54, 1.807) is 17.1 Å². The zero-order valence-electron chi connectivity index (χ0n) is 14.6. The van der Waals surface area contributed by atoms with Crippen LogP contribution >= 0.6 is 0 Å². The molecule has 0 aromatic carbocycles. The number of ether oxygens (including phenoxy) is 1. The highest BCUT2D eigenvalue weighted by Gasteiger charge is 2.22. The quantitative estimate of drug-likeness (QED) is 0.850. The van der Waals surface area contributed by atoms with Crippen molar-refractivity contribution in [1.29, 1.82) is 0 Å². The minimum atomic E-state index is -0.740. The normalized spacial score (nSPS) is 12.0. The molecular weight excluding hydrogens is 292 g/mol. The van der Waals surface area contributed by atoms with Crippen molar-refractivity contribution >= 4 is 0 Å². The monoisotopic (exact) mass is 318 g/mol. The van der Waals surface area contributed by atoms with Crippen LogP contribution in [0.4, 0.5) is 0 Å². The molecule has 0 atom stereocenters. The average Bonchev–Trinajstić information content (AvgIpc) is 2.73. The lowest BCUT2D eigenvalue weighted by molar-refractivity contribution is 0.0351. The van der Waals surface area contributed by atoms with Gasteiger partial charge in [-0.2, -0.15) is 5.10 Å². The third-order valence-electron chi connectivity index (χ3n) is 3.58. The molecule has 2 rings (SSSR count). The number of pyridine rings is 1. The molecule has 23 heavy (non-hydrogen) atoms. The van der Waals surface area contributed by atoms with E-state index >= 15 is 0 Å². The largest absolute Gasteiger partial charge is 0.437 e. The summed E-state index contributed by atoms with van der Waals surface area (Å²) in [6, 6.07) is 3.71. The molecule has 0 amide bonds. The number of hydrogen-bond acceptors (Lipinski definition) is 5. The van der Waals surface area contributed by atoms with Crippen molar-refractivity contribution in [2.45, 2.75) is 39.8 Å². The van der Waals surface area contributed by atoms with Crippen molar-refractivity contribution in [1.82, 2.24) is 19.7 Å². The van der Waals surface area contributed by atoms with Crippen LogP contribution in [0.15, 0.2) is 24.5 Å². The van der Waals surface area contributed by atoms with Crippen LogP contribution in [0.25, 0.3) is 0 Å². The topological polar surface area (TPSA) is 63.4 Å². The fourth-order valence-electron chi connectivity index (χ4n) is 2.56. The molecule has 2 aromatic rings. The van der Waals surface area contributed by atoms with Gasteiger partial charge in [0.15, 0.2) is 0 Å². The molecule has 2 heterocycles. The van der Waals surface area contributed by atoms with Gasteiger partial charge in [-0.25, -0.2) is 4.68 Å². The predicted molar refractivity (Wildman–Crippen MR) is 89.5 cm³/mol. The van der Waals surface area contributed by atoms with Crippen molar-refractivity contribution in [3.63, 3.8) is 0 Å². The molecule has 0 bridgehead atoms. The number of likely N-dealkylation sites (N-methyl/N-ethyl adjacent to an activating group) is 1. The lowest BCUT2D eigenvalue weighted by atomic mass is 10.1. The van der Waals surface area contributed by atoms with Crippen molar-refractivity contribution < 1.29 is 9.84 Å². The molecule has 0 aliphatic carbocycles. The number of aromatic nitrogens is 3. The smallest absolute Gasteiger partial charge is 0.222 e. The average molecular weight is 318 g/mol. The zero-order chi connectivity index (χ0) is 17.0. The van der Waals surface area contributed by atoms with Gasteiger partial charge in [-0.3, -0.25) is 9.88 Å². The van der Waals surface area contributed by atoms with E-state index in [4.69, 9.17) is 4.74 Å². The molecule has 0 aliphatic heterocycles. The van der Waals surface area contributed by atoms with Crippen LogP contribution in [0.5, 0.6) is 11.6 Å². The van der Waals surface area contributed by atoms with Crippen molar-refractivity contribution in [3.8, 4) is 11.6 Å². The Morgan fingerprint density at radius 2 is 2.13 bits per heavy atom. The molecule has 0 radical (unpaired) electrons. The van der Waals surface area contributed by atoms with Gasteiger partial charge in [-0.1, -0.05) is 6.92 Å². The fraction of sp³-hybridized carbons (Fsp3) is 0.529. The van der Waals surface area contributed by atoms with Gasteiger partial charge in [0.25, 0.3) is 0 Å². The highest BCUT2D eigenvalue weighted by molar-refractivity contribution is 5.34. The summed E-state index contributed by atoms with van der Waals surface area (Å²) in [5.41, 5.74) is 1.22. The Balaban J connectivity index is 2.24. The summed E-state index contributed by atoms with van der Waals surface area (Å²) in [7, 11) is 1.87. The number of aliphatic hydroxyl groups is 1. The van der Waals surface area contributed by atoms with Gasteiger partial charge < -0.3 is 9.84 Å². The number of aryl methyl sites for hydroxylation is 2. The summed E-state index contributed by atoms with van der Waals surface area (Å²) in [5, 5.41) is 14.5. The predicted octanol–water partition coefficient (Wildman–Crippen LogP) is 2.51. The molecule has 126 valence electrons. The maximum atomic E-state index is 10.1. The van der Waals surface area contributed by atoms with E-state index in [9.17, 15) is 5.11 Å². The van der Waals surface area contributed by atoms with E-state index in [0.717, 1.165) is 17.8 Å². The molecule has 1 N–H and O–H groups in total. The highest BCUT2D eigenvalue weighted by Crippen LogP contribution is 2.28. The number of hydrogen-bond donors (Lipinski definition) is 1. The fourth-order valence-corrected chi connectivity index (χ4v) is 2.56. The summed E-state index contributed by atoms with van der Waals surface area (Å²) in [5.74, 6) is 1.40. The Bertz CT molecular complexity index is 632. The molecule has 6 heteroatoms. The Hall–Kier alpha value is -1.92. The zero-order valence-corrected chi connectivity index (χ0v) is 14.6. The second-order valence-electron chi connectivity index (χ2n) is 6.40. The van der Waals surface area contributed by atoms with Crippen LogP contribution in [0.3, 0.4) is 0 Å². The minimum Gasteiger partial charge on any atom is -0.437 e. The third-order valence-corrected chi connectivity index (χ3v) is 3.58. The van der Waals surface area contributed by atoms with E-state index in [-0.39, 0.29) is 0 Å². The molecule has 0 fully saturated rings. The SMILES string of the molecule is CCN(Cc1c(C)nn(C)c1Oc1cccnc1)CC(C)(C)O. The van der Waals surface area contributed by atoms with Gasteiger partial charge >= 0.3 is 0 Å². The maximum absolute atomic E-state index is 10.1. The molecule has 0 spiro atoms. The lowest BCUT2D eigenvalue weighted by Gasteiger charge is -2.28. The van der Waals surface area contributed by atoms with Crippen molar-refractivity contribution in [2.75, 3.05) is 13.1 Å². The number of rotatable bonds is 7. The van der Waals surface area contributed by atoms with Crippen molar-refractivity contribution in [2.24, 2.45) is 7.05 Å². The summed E-state index contributed by atoms with van der Waals surface area (Å²) in [4.78, 5) is 6.26. The first-order valence-corrected chi connectivity index (χ1v) is 7.85. The van der Waals surface area contributed by atoms with Gasteiger partial charge in [0.05, 0.1) is 23.1 Å². The van der Waals surface area contributed by atoms with E-state index in [1.807, 2.05) is 40.0 Å². The Morgan fingerprint density at radius 1 is 1.39 bits per heavy atom. The number of nitrogens with zero attached hydrogens (tertiary/aromatic N) is 4. The molecule has 0 saturated carbocycles. The van der Waals surface area contributed by atoms with Crippen LogP contribution in [-0.4, -0.2) is 43.5 Å². The third kappa shape index (κ3) is 4.77. The standard InChI is InChI=1S/C17H26N4O2/c1-6-21(12-17(3,4)22)11-15-13(2)19-20(5)16(15)23-14-8-7-9-18-10-14/h7-10,22H,6,11-12H2,1-5H3. The summed E-state index contributed by atoms with van der Waals surface area (Å²) < 4.78 is 7.73. The molecule has 0 unspecified atom stereocenters. The van der Waals surface area contributed by atoms with Crippen molar-refractivity contribution in [3.05, 3.63) is 35.8 Å². The minimum absolute atomic E-state index is 0.587. The van der Waals surface area contributed by atoms with Crippen LogP contribution in [0.2, 0.25) is 0 Å².